The van der Waals surface area contributed by atoms with E-state index in [4.69, 9.17) is 5.73 Å². The highest BCUT2D eigenvalue weighted by Crippen LogP contribution is 2.28. The van der Waals surface area contributed by atoms with E-state index in [0.29, 0.717) is 50.1 Å². The number of carbonyl (C=O) groups excluding carboxylic acids is 3. The average Bonchev–Trinajstić information content (AvgIpc) is 2.85. The standard InChI is InChI=1S/C30H58N4O5/c1-21(2)14-16-33-28(37)13-9-6-10-15-32-29(38)20-27(36)25(18-23-11-7-5-8-12-23)34-30(39)19-26(35)24(31)17-22(3)4/h21-27,35-36H,5-20,31H2,1-4H3,(H,32,38)(H,33,37)(H,34,39)/t24-,25-,26-,27+/m0/s1. The van der Waals surface area contributed by atoms with E-state index < -0.39 is 24.3 Å². The third-order valence-electron chi connectivity index (χ3n) is 7.60. The van der Waals surface area contributed by atoms with Crippen LogP contribution >= 0.6 is 0 Å². The van der Waals surface area contributed by atoms with Crippen molar-refractivity contribution in [3.05, 3.63) is 0 Å². The fourth-order valence-corrected chi connectivity index (χ4v) is 5.21. The Labute approximate surface area is 236 Å². The van der Waals surface area contributed by atoms with E-state index >= 15 is 0 Å². The zero-order valence-electron chi connectivity index (χ0n) is 25.1. The number of rotatable bonds is 20. The van der Waals surface area contributed by atoms with Crippen molar-refractivity contribution in [3.8, 4) is 0 Å². The summed E-state index contributed by atoms with van der Waals surface area (Å²) >= 11 is 0. The Kier molecular flexibility index (Phi) is 18.3. The highest BCUT2D eigenvalue weighted by molar-refractivity contribution is 5.78. The summed E-state index contributed by atoms with van der Waals surface area (Å²) in [6.45, 7) is 9.49. The van der Waals surface area contributed by atoms with Crippen LogP contribution in [0.4, 0.5) is 0 Å². The Bertz CT molecular complexity index is 697. The van der Waals surface area contributed by atoms with Crippen LogP contribution in [0.5, 0.6) is 0 Å². The number of nitrogens with two attached hydrogens (primary N) is 1. The van der Waals surface area contributed by atoms with E-state index in [1.807, 2.05) is 13.8 Å². The highest BCUT2D eigenvalue weighted by atomic mass is 16.3. The molecule has 0 aromatic rings. The lowest BCUT2D eigenvalue weighted by atomic mass is 9.83. The molecule has 0 bridgehead atoms. The van der Waals surface area contributed by atoms with Gasteiger partial charge in [-0.2, -0.15) is 0 Å². The number of aliphatic hydroxyl groups excluding tert-OH is 2. The van der Waals surface area contributed by atoms with E-state index in [-0.39, 0.29) is 30.6 Å². The molecule has 0 aromatic heterocycles. The van der Waals surface area contributed by atoms with Gasteiger partial charge in [0.2, 0.25) is 17.7 Å². The van der Waals surface area contributed by atoms with Gasteiger partial charge in [-0.1, -0.05) is 66.2 Å². The second-order valence-electron chi connectivity index (χ2n) is 12.4. The molecule has 9 heteroatoms. The lowest BCUT2D eigenvalue weighted by molar-refractivity contribution is -0.128. The second-order valence-corrected chi connectivity index (χ2v) is 12.4. The molecule has 1 fully saturated rings. The third kappa shape index (κ3) is 17.6. The van der Waals surface area contributed by atoms with Crippen LogP contribution in [0.15, 0.2) is 0 Å². The number of hydrogen-bond acceptors (Lipinski definition) is 6. The van der Waals surface area contributed by atoms with Crippen LogP contribution in [0.2, 0.25) is 0 Å². The average molecular weight is 555 g/mol. The fourth-order valence-electron chi connectivity index (χ4n) is 5.21. The predicted octanol–water partition coefficient (Wildman–Crippen LogP) is 3.16. The first-order chi connectivity index (χ1) is 18.5. The number of aliphatic hydroxyl groups is 2. The third-order valence-corrected chi connectivity index (χ3v) is 7.60. The van der Waals surface area contributed by atoms with Crippen molar-refractivity contribution >= 4 is 17.7 Å². The van der Waals surface area contributed by atoms with Crippen molar-refractivity contribution in [2.24, 2.45) is 23.5 Å². The zero-order valence-corrected chi connectivity index (χ0v) is 25.1. The number of nitrogens with one attached hydrogen (secondary N) is 3. The Morgan fingerprint density at radius 3 is 2.08 bits per heavy atom. The molecule has 1 aliphatic carbocycles. The molecular formula is C30H58N4O5. The molecule has 9 nitrogen and oxygen atoms in total. The first kappa shape index (κ1) is 35.3. The fraction of sp³-hybridized carbons (Fsp3) is 0.900. The van der Waals surface area contributed by atoms with Gasteiger partial charge in [0.1, 0.15) is 0 Å². The molecule has 228 valence electrons. The van der Waals surface area contributed by atoms with Crippen LogP contribution in [-0.4, -0.2) is 65.3 Å². The molecule has 0 heterocycles. The summed E-state index contributed by atoms with van der Waals surface area (Å²) in [4.78, 5) is 37.1. The molecule has 3 amide bonds. The molecule has 0 aliphatic heterocycles. The largest absolute Gasteiger partial charge is 0.391 e. The molecule has 0 radical (unpaired) electrons. The Hall–Kier alpha value is -1.71. The molecular weight excluding hydrogens is 496 g/mol. The second kappa shape index (κ2) is 20.2. The molecule has 0 spiro atoms. The molecule has 1 rings (SSSR count). The first-order valence-corrected chi connectivity index (χ1v) is 15.4. The van der Waals surface area contributed by atoms with Gasteiger partial charge in [0, 0.05) is 25.6 Å². The molecule has 39 heavy (non-hydrogen) atoms. The number of amides is 3. The van der Waals surface area contributed by atoms with Crippen LogP contribution < -0.4 is 21.7 Å². The first-order valence-electron chi connectivity index (χ1n) is 15.4. The van der Waals surface area contributed by atoms with E-state index in [9.17, 15) is 24.6 Å². The summed E-state index contributed by atoms with van der Waals surface area (Å²) < 4.78 is 0. The lowest BCUT2D eigenvalue weighted by Crippen LogP contribution is -2.48. The van der Waals surface area contributed by atoms with Crippen molar-refractivity contribution in [2.45, 2.75) is 142 Å². The van der Waals surface area contributed by atoms with Crippen LogP contribution in [0.25, 0.3) is 0 Å². The van der Waals surface area contributed by atoms with Crippen molar-refractivity contribution < 1.29 is 24.6 Å². The van der Waals surface area contributed by atoms with Gasteiger partial charge in [0.05, 0.1) is 31.1 Å². The lowest BCUT2D eigenvalue weighted by Gasteiger charge is -2.30. The summed E-state index contributed by atoms with van der Waals surface area (Å²) in [5.41, 5.74) is 6.04. The van der Waals surface area contributed by atoms with Gasteiger partial charge in [-0.3, -0.25) is 14.4 Å². The Balaban J connectivity index is 2.44. The van der Waals surface area contributed by atoms with Crippen molar-refractivity contribution in [2.75, 3.05) is 13.1 Å². The van der Waals surface area contributed by atoms with Crippen molar-refractivity contribution in [3.63, 3.8) is 0 Å². The van der Waals surface area contributed by atoms with Crippen LogP contribution in [0.1, 0.15) is 118 Å². The van der Waals surface area contributed by atoms with Gasteiger partial charge in [-0.25, -0.2) is 0 Å². The molecule has 0 unspecified atom stereocenters. The monoisotopic (exact) mass is 554 g/mol. The van der Waals surface area contributed by atoms with E-state index in [1.54, 1.807) is 0 Å². The smallest absolute Gasteiger partial charge is 0.222 e. The van der Waals surface area contributed by atoms with E-state index in [2.05, 4.69) is 29.8 Å². The van der Waals surface area contributed by atoms with E-state index in [0.717, 1.165) is 51.4 Å². The van der Waals surface area contributed by atoms with E-state index in [1.165, 1.54) is 6.42 Å². The molecule has 0 aromatic carbocycles. The zero-order chi connectivity index (χ0) is 29.2. The van der Waals surface area contributed by atoms with Crippen LogP contribution in [0, 0.1) is 17.8 Å². The van der Waals surface area contributed by atoms with Gasteiger partial charge in [-0.15, -0.1) is 0 Å². The number of carbonyl (C=O) groups is 3. The summed E-state index contributed by atoms with van der Waals surface area (Å²) in [6.07, 6.45) is 8.52. The predicted molar refractivity (Wildman–Crippen MR) is 156 cm³/mol. The highest BCUT2D eigenvalue weighted by Gasteiger charge is 2.29. The molecule has 0 saturated heterocycles. The van der Waals surface area contributed by atoms with Crippen molar-refractivity contribution in [1.82, 2.24) is 16.0 Å². The quantitative estimate of drug-likeness (QED) is 0.127. The number of unbranched alkanes of at least 4 members (excludes halogenated alkanes) is 2. The summed E-state index contributed by atoms with van der Waals surface area (Å²) in [5.74, 6) is 0.751. The maximum absolute atomic E-state index is 12.7. The van der Waals surface area contributed by atoms with Gasteiger partial charge >= 0.3 is 0 Å². The van der Waals surface area contributed by atoms with Gasteiger partial charge in [0.25, 0.3) is 0 Å². The summed E-state index contributed by atoms with van der Waals surface area (Å²) in [5, 5.41) is 30.0. The molecule has 1 saturated carbocycles. The van der Waals surface area contributed by atoms with Gasteiger partial charge in [-0.05, 0) is 49.9 Å². The minimum Gasteiger partial charge on any atom is -0.391 e. The maximum Gasteiger partial charge on any atom is 0.222 e. The van der Waals surface area contributed by atoms with Crippen molar-refractivity contribution in [1.29, 1.82) is 0 Å². The topological polar surface area (TPSA) is 154 Å². The normalized spacial score (nSPS) is 17.5. The van der Waals surface area contributed by atoms with Gasteiger partial charge < -0.3 is 31.9 Å². The minimum atomic E-state index is -1.01. The van der Waals surface area contributed by atoms with Crippen LogP contribution in [0.3, 0.4) is 0 Å². The van der Waals surface area contributed by atoms with Gasteiger partial charge in [0.15, 0.2) is 0 Å². The SMILES string of the molecule is CC(C)CCNC(=O)CCCCCNC(=O)C[C@@H](O)[C@H](CC1CCCCC1)NC(=O)C[C@H](O)[C@@H](N)CC(C)C. The maximum atomic E-state index is 12.7. The number of hydrogen-bond donors (Lipinski definition) is 6. The molecule has 4 atom stereocenters. The molecule has 7 N–H and O–H groups in total. The summed E-state index contributed by atoms with van der Waals surface area (Å²) in [6, 6.07) is -1.03. The minimum absolute atomic E-state index is 0.0725. The Morgan fingerprint density at radius 2 is 1.44 bits per heavy atom. The van der Waals surface area contributed by atoms with Crippen LogP contribution in [-0.2, 0) is 14.4 Å². The Morgan fingerprint density at radius 1 is 0.795 bits per heavy atom. The molecule has 1 aliphatic rings. The summed E-state index contributed by atoms with van der Waals surface area (Å²) in [7, 11) is 0.